The van der Waals surface area contributed by atoms with Gasteiger partial charge in [0.05, 0.1) is 12.1 Å². The number of Topliss-reactive ketones (excluding diaryl/α,β-unsaturated/α-hetero) is 1. The largest absolute Gasteiger partial charge is 0.353 e. The first kappa shape index (κ1) is 33.5. The van der Waals surface area contributed by atoms with E-state index in [2.05, 4.69) is 50.7 Å². The first-order valence-electron chi connectivity index (χ1n) is 14.6. The summed E-state index contributed by atoms with van der Waals surface area (Å²) in [7, 11) is 1.86. The molecule has 2 heterocycles. The molecule has 212 valence electrons. The Morgan fingerprint density at radius 3 is 2.24 bits per heavy atom. The standard InChI is InChI=1S/C20H27FN2O.C8H13N.C5H12/c1-5-10-18(24)19(14(3)6-2)22-20-16(21)13-17(23(20)4)15-11-8-7-9-12-15;1-3-7-5-6-9-8(7)4-2;1-4-5(2)3/h7-9,11-12,16-17H,5-6,10,13H2,1-4H3;5-6,8H,3-4H2,1-2H3;5H,4H2,1-3H3. The van der Waals surface area contributed by atoms with Gasteiger partial charge < -0.3 is 4.90 Å². The third-order valence-corrected chi connectivity index (χ3v) is 7.22. The average Bonchev–Trinajstić information content (AvgIpc) is 3.51. The molecular weight excluding hydrogens is 473 g/mol. The van der Waals surface area contributed by atoms with E-state index in [0.717, 1.165) is 42.7 Å². The van der Waals surface area contributed by atoms with Gasteiger partial charge >= 0.3 is 0 Å². The molecule has 1 fully saturated rings. The Labute approximate surface area is 232 Å². The van der Waals surface area contributed by atoms with Crippen molar-refractivity contribution in [3.05, 3.63) is 58.8 Å². The highest BCUT2D eigenvalue weighted by Gasteiger charge is 2.36. The zero-order valence-electron chi connectivity index (χ0n) is 25.4. The maximum absolute atomic E-state index is 14.6. The minimum Gasteiger partial charge on any atom is -0.353 e. The molecule has 0 bridgehead atoms. The Hall–Kier alpha value is -2.56. The van der Waals surface area contributed by atoms with Crippen LogP contribution in [0.15, 0.2) is 63.2 Å². The fourth-order valence-electron chi connectivity index (χ4n) is 4.22. The van der Waals surface area contributed by atoms with Crippen LogP contribution in [0.25, 0.3) is 0 Å². The Morgan fingerprint density at radius 2 is 1.76 bits per heavy atom. The van der Waals surface area contributed by atoms with E-state index in [4.69, 9.17) is 0 Å². The van der Waals surface area contributed by atoms with E-state index in [0.29, 0.717) is 30.4 Å². The number of aliphatic imine (C=N–C) groups is 2. The zero-order valence-corrected chi connectivity index (χ0v) is 25.4. The van der Waals surface area contributed by atoms with Gasteiger partial charge in [-0.25, -0.2) is 9.38 Å². The maximum atomic E-state index is 14.6. The molecule has 3 rings (SSSR count). The molecule has 1 aromatic rings. The van der Waals surface area contributed by atoms with Crippen molar-refractivity contribution in [2.45, 2.75) is 119 Å². The van der Waals surface area contributed by atoms with Gasteiger partial charge in [0.25, 0.3) is 0 Å². The normalized spacial score (nSPS) is 22.0. The van der Waals surface area contributed by atoms with Crippen LogP contribution in [0.2, 0.25) is 0 Å². The molecule has 2 aliphatic rings. The maximum Gasteiger partial charge on any atom is 0.181 e. The molecule has 38 heavy (non-hydrogen) atoms. The Bertz CT molecular complexity index is 962. The molecule has 3 unspecified atom stereocenters. The predicted octanol–water partition coefficient (Wildman–Crippen LogP) is 9.09. The topological polar surface area (TPSA) is 45.0 Å². The summed E-state index contributed by atoms with van der Waals surface area (Å²) in [5.41, 5.74) is 3.92. The van der Waals surface area contributed by atoms with Crippen molar-refractivity contribution in [2.75, 3.05) is 7.05 Å². The van der Waals surface area contributed by atoms with Crippen LogP contribution in [0, 0.1) is 5.92 Å². The molecule has 5 heteroatoms. The summed E-state index contributed by atoms with van der Waals surface area (Å²) in [6.45, 7) is 16.9. The van der Waals surface area contributed by atoms with Crippen LogP contribution in [0.4, 0.5) is 4.39 Å². The molecule has 0 aromatic heterocycles. The number of allylic oxidation sites excluding steroid dienone is 3. The van der Waals surface area contributed by atoms with Gasteiger partial charge in [-0.05, 0) is 61.3 Å². The summed E-state index contributed by atoms with van der Waals surface area (Å²) in [4.78, 5) is 23.1. The highest BCUT2D eigenvalue weighted by molar-refractivity contribution is 6.00. The van der Waals surface area contributed by atoms with Gasteiger partial charge in [-0.1, -0.05) is 85.2 Å². The number of hydrogen-bond donors (Lipinski definition) is 0. The zero-order chi connectivity index (χ0) is 28.7. The smallest absolute Gasteiger partial charge is 0.181 e. The van der Waals surface area contributed by atoms with E-state index in [-0.39, 0.29) is 11.8 Å². The lowest BCUT2D eigenvalue weighted by Gasteiger charge is -2.22. The van der Waals surface area contributed by atoms with Crippen molar-refractivity contribution in [1.29, 1.82) is 0 Å². The summed E-state index contributed by atoms with van der Waals surface area (Å²) in [6.07, 6.45) is 8.85. The van der Waals surface area contributed by atoms with Crippen molar-refractivity contribution < 1.29 is 9.18 Å². The van der Waals surface area contributed by atoms with Crippen LogP contribution in [0.3, 0.4) is 0 Å². The highest BCUT2D eigenvalue weighted by atomic mass is 19.1. The number of halogens is 1. The minimum atomic E-state index is -1.14. The fraction of sp³-hybridized carbons (Fsp3) is 0.606. The van der Waals surface area contributed by atoms with Gasteiger partial charge in [0.2, 0.25) is 0 Å². The molecule has 3 atom stereocenters. The number of alkyl halides is 1. The van der Waals surface area contributed by atoms with Gasteiger partial charge in [-0.15, -0.1) is 0 Å². The number of amidine groups is 1. The summed E-state index contributed by atoms with van der Waals surface area (Å²) in [5, 5.41) is 0. The SMILES string of the molecule is CCC(C)C.CCC1=CC=NC1CC.CCCC(=O)C(N=C1C(F)CC(c2ccccc2)N1C)=C(C)CC. The lowest BCUT2D eigenvalue weighted by molar-refractivity contribution is -0.115. The monoisotopic (exact) mass is 525 g/mol. The third-order valence-electron chi connectivity index (χ3n) is 7.22. The van der Waals surface area contributed by atoms with E-state index in [1.165, 1.54) is 12.0 Å². The summed E-state index contributed by atoms with van der Waals surface area (Å²) < 4.78 is 14.6. The first-order chi connectivity index (χ1) is 18.1. The number of ketones is 1. The predicted molar refractivity (Wildman–Crippen MR) is 163 cm³/mol. The van der Waals surface area contributed by atoms with Crippen molar-refractivity contribution in [2.24, 2.45) is 15.9 Å². The molecule has 0 aliphatic carbocycles. The lowest BCUT2D eigenvalue weighted by Crippen LogP contribution is -2.27. The molecule has 0 N–H and O–H groups in total. The van der Waals surface area contributed by atoms with Gasteiger partial charge in [0, 0.05) is 26.1 Å². The molecule has 0 spiro atoms. The van der Waals surface area contributed by atoms with Crippen LogP contribution < -0.4 is 0 Å². The van der Waals surface area contributed by atoms with Gasteiger partial charge in [0.1, 0.15) is 11.5 Å². The van der Waals surface area contributed by atoms with Crippen LogP contribution in [-0.4, -0.2) is 42.0 Å². The second-order valence-corrected chi connectivity index (χ2v) is 10.5. The van der Waals surface area contributed by atoms with Crippen molar-refractivity contribution in [3.63, 3.8) is 0 Å². The van der Waals surface area contributed by atoms with Crippen molar-refractivity contribution in [3.8, 4) is 0 Å². The highest BCUT2D eigenvalue weighted by Crippen LogP contribution is 2.34. The van der Waals surface area contributed by atoms with Gasteiger partial charge in [0.15, 0.2) is 12.0 Å². The quantitative estimate of drug-likeness (QED) is 0.302. The molecule has 4 nitrogen and oxygen atoms in total. The van der Waals surface area contributed by atoms with E-state index >= 15 is 0 Å². The summed E-state index contributed by atoms with van der Waals surface area (Å²) in [5.74, 6) is 1.26. The van der Waals surface area contributed by atoms with Gasteiger partial charge in [-0.2, -0.15) is 0 Å². The number of benzene rings is 1. The number of carbonyl (C=O) groups excluding carboxylic acids is 1. The molecular formula is C33H52FN3O. The number of likely N-dealkylation sites (tertiary alicyclic amines) is 1. The summed E-state index contributed by atoms with van der Waals surface area (Å²) in [6, 6.07) is 10.4. The number of hydrogen-bond acceptors (Lipinski definition) is 3. The molecule has 1 saturated heterocycles. The molecule has 0 saturated carbocycles. The number of nitrogens with zero attached hydrogens (tertiary/aromatic N) is 3. The number of carbonyl (C=O) groups is 1. The van der Waals surface area contributed by atoms with Crippen LogP contribution in [0.5, 0.6) is 0 Å². The lowest BCUT2D eigenvalue weighted by atomic mass is 10.0. The second kappa shape index (κ2) is 17.9. The van der Waals surface area contributed by atoms with E-state index in [1.54, 1.807) is 0 Å². The fourth-order valence-corrected chi connectivity index (χ4v) is 4.22. The van der Waals surface area contributed by atoms with Crippen molar-refractivity contribution >= 4 is 17.8 Å². The summed E-state index contributed by atoms with van der Waals surface area (Å²) >= 11 is 0. The van der Waals surface area contributed by atoms with E-state index < -0.39 is 6.17 Å². The molecule has 0 radical (unpaired) electrons. The van der Waals surface area contributed by atoms with E-state index in [9.17, 15) is 9.18 Å². The Balaban J connectivity index is 0.000000421. The van der Waals surface area contributed by atoms with Crippen LogP contribution in [0.1, 0.15) is 112 Å². The minimum absolute atomic E-state index is 0.00751. The van der Waals surface area contributed by atoms with Crippen LogP contribution >= 0.6 is 0 Å². The van der Waals surface area contributed by atoms with Gasteiger partial charge in [-0.3, -0.25) is 9.79 Å². The molecule has 1 aromatic carbocycles. The van der Waals surface area contributed by atoms with Crippen molar-refractivity contribution in [1.82, 2.24) is 4.90 Å². The third kappa shape index (κ3) is 10.3. The number of rotatable bonds is 9. The Morgan fingerprint density at radius 1 is 1.13 bits per heavy atom. The Kier molecular flexibility index (Phi) is 15.7. The first-order valence-corrected chi connectivity index (χ1v) is 14.6. The van der Waals surface area contributed by atoms with Crippen LogP contribution in [-0.2, 0) is 4.79 Å². The molecule has 2 aliphatic heterocycles. The average molecular weight is 526 g/mol. The van der Waals surface area contributed by atoms with E-state index in [1.807, 2.05) is 69.3 Å². The second-order valence-electron chi connectivity index (χ2n) is 10.5. The molecule has 0 amide bonds.